The molecule has 0 aromatic rings. The van der Waals surface area contributed by atoms with E-state index in [0.717, 1.165) is 45.7 Å². The van der Waals surface area contributed by atoms with Crippen LogP contribution in [0.5, 0.6) is 0 Å². The lowest BCUT2D eigenvalue weighted by atomic mass is 10.0. The Morgan fingerprint density at radius 3 is 1.86 bits per heavy atom. The van der Waals surface area contributed by atoms with E-state index in [2.05, 4.69) is 34.6 Å². The van der Waals surface area contributed by atoms with E-state index < -0.39 is 0 Å². The van der Waals surface area contributed by atoms with E-state index in [1.807, 2.05) is 0 Å². The van der Waals surface area contributed by atoms with Gasteiger partial charge in [-0.15, -0.1) is 0 Å². The minimum Gasteiger partial charge on any atom is -0.378 e. The highest BCUT2D eigenvalue weighted by Gasteiger charge is 2.52. The van der Waals surface area contributed by atoms with Crippen LogP contribution in [0.2, 0.25) is 0 Å². The summed E-state index contributed by atoms with van der Waals surface area (Å²) in [5.74, 6) is 0.517. The lowest BCUT2D eigenvalue weighted by molar-refractivity contribution is 0.0357. The highest BCUT2D eigenvalue weighted by atomic mass is 16.6. The van der Waals surface area contributed by atoms with Gasteiger partial charge in [0.05, 0.1) is 25.4 Å². The average molecular weight is 300 g/mol. The summed E-state index contributed by atoms with van der Waals surface area (Å²) in [6.07, 6.45) is 3.80. The fourth-order valence-electron chi connectivity index (χ4n) is 2.93. The van der Waals surface area contributed by atoms with Gasteiger partial charge in [-0.1, -0.05) is 20.8 Å². The van der Waals surface area contributed by atoms with Crippen LogP contribution in [0.3, 0.4) is 0 Å². The second-order valence-electron chi connectivity index (χ2n) is 6.82. The maximum absolute atomic E-state index is 5.83. The van der Waals surface area contributed by atoms with Crippen LogP contribution in [0.25, 0.3) is 0 Å². The van der Waals surface area contributed by atoms with Crippen LogP contribution in [0.15, 0.2) is 0 Å². The van der Waals surface area contributed by atoms with E-state index in [9.17, 15) is 0 Å². The molecule has 0 bridgehead atoms. The van der Waals surface area contributed by atoms with Gasteiger partial charge in [0.15, 0.2) is 0 Å². The van der Waals surface area contributed by atoms with Gasteiger partial charge in [-0.2, -0.15) is 0 Å². The first-order valence-electron chi connectivity index (χ1n) is 8.49. The lowest BCUT2D eigenvalue weighted by Crippen LogP contribution is -2.24. The largest absolute Gasteiger partial charge is 0.378 e. The van der Waals surface area contributed by atoms with Crippen LogP contribution in [0.4, 0.5) is 0 Å². The van der Waals surface area contributed by atoms with Gasteiger partial charge in [0.2, 0.25) is 0 Å². The summed E-state index contributed by atoms with van der Waals surface area (Å²) in [5, 5.41) is 0. The van der Waals surface area contributed by atoms with Crippen molar-refractivity contribution in [3.05, 3.63) is 0 Å². The third-order valence-corrected chi connectivity index (χ3v) is 5.24. The standard InChI is InChI=1S/C17H32O4/c1-6-16(14(4)20-16)11-18-9-8-13(3)10-19-12-17(7-2)15(5)21-17/h13-15H,6-12H2,1-5H3. The van der Waals surface area contributed by atoms with Crippen LogP contribution >= 0.6 is 0 Å². The Labute approximate surface area is 129 Å². The molecular formula is C17H32O4. The van der Waals surface area contributed by atoms with Gasteiger partial charge in [-0.3, -0.25) is 0 Å². The van der Waals surface area contributed by atoms with Gasteiger partial charge in [-0.25, -0.2) is 0 Å². The molecule has 2 rings (SSSR count). The number of ether oxygens (including phenoxy) is 4. The van der Waals surface area contributed by atoms with Crippen molar-refractivity contribution in [3.8, 4) is 0 Å². The second kappa shape index (κ2) is 6.95. The van der Waals surface area contributed by atoms with Crippen LogP contribution in [0, 0.1) is 5.92 Å². The number of hydrogen-bond acceptors (Lipinski definition) is 4. The molecule has 5 unspecified atom stereocenters. The van der Waals surface area contributed by atoms with E-state index in [1.165, 1.54) is 0 Å². The predicted octanol–water partition coefficient (Wildman–Crippen LogP) is 3.18. The van der Waals surface area contributed by atoms with E-state index >= 15 is 0 Å². The Kier molecular flexibility index (Phi) is 5.69. The minimum absolute atomic E-state index is 0.00315. The smallest absolute Gasteiger partial charge is 0.117 e. The SMILES string of the molecule is CCC1(COCCC(C)COCC2(CC)OC2C)OC1C. The minimum atomic E-state index is 0.00315. The van der Waals surface area contributed by atoms with Crippen LogP contribution < -0.4 is 0 Å². The van der Waals surface area contributed by atoms with E-state index in [1.54, 1.807) is 0 Å². The normalized spacial score (nSPS) is 39.3. The first-order valence-corrected chi connectivity index (χ1v) is 8.49. The van der Waals surface area contributed by atoms with Crippen molar-refractivity contribution in [1.29, 1.82) is 0 Å². The van der Waals surface area contributed by atoms with Gasteiger partial charge in [0.25, 0.3) is 0 Å². The summed E-state index contributed by atoms with van der Waals surface area (Å²) in [6.45, 7) is 13.8. The van der Waals surface area contributed by atoms with Gasteiger partial charge in [0.1, 0.15) is 11.2 Å². The number of rotatable bonds is 11. The van der Waals surface area contributed by atoms with E-state index in [0.29, 0.717) is 18.1 Å². The second-order valence-corrected chi connectivity index (χ2v) is 6.82. The van der Waals surface area contributed by atoms with Crippen molar-refractivity contribution in [2.45, 2.75) is 77.3 Å². The fourth-order valence-corrected chi connectivity index (χ4v) is 2.93. The van der Waals surface area contributed by atoms with Crippen molar-refractivity contribution >= 4 is 0 Å². The summed E-state index contributed by atoms with van der Waals surface area (Å²) in [4.78, 5) is 0. The van der Waals surface area contributed by atoms with Crippen LogP contribution in [-0.4, -0.2) is 49.8 Å². The molecule has 0 saturated carbocycles. The molecule has 2 fully saturated rings. The monoisotopic (exact) mass is 300 g/mol. The predicted molar refractivity (Wildman–Crippen MR) is 82.6 cm³/mol. The highest BCUT2D eigenvalue weighted by Crippen LogP contribution is 2.40. The maximum atomic E-state index is 5.83. The summed E-state index contributed by atoms with van der Waals surface area (Å²) < 4.78 is 22.9. The molecule has 0 aromatic carbocycles. The molecule has 0 spiro atoms. The molecule has 0 amide bonds. The van der Waals surface area contributed by atoms with Crippen molar-refractivity contribution in [3.63, 3.8) is 0 Å². The molecule has 4 nitrogen and oxygen atoms in total. The van der Waals surface area contributed by atoms with E-state index in [4.69, 9.17) is 18.9 Å². The van der Waals surface area contributed by atoms with Crippen LogP contribution in [0.1, 0.15) is 53.9 Å². The van der Waals surface area contributed by atoms with Gasteiger partial charge >= 0.3 is 0 Å². The van der Waals surface area contributed by atoms with Crippen molar-refractivity contribution in [2.24, 2.45) is 5.92 Å². The third kappa shape index (κ3) is 4.19. The number of epoxide rings is 2. The first-order chi connectivity index (χ1) is 9.98. The molecule has 124 valence electrons. The summed E-state index contributed by atoms with van der Waals surface area (Å²) in [5.41, 5.74) is 0.00980. The van der Waals surface area contributed by atoms with Crippen molar-refractivity contribution < 1.29 is 18.9 Å². The molecule has 2 saturated heterocycles. The molecule has 2 aliphatic rings. The molecule has 0 radical (unpaired) electrons. The molecule has 5 atom stereocenters. The highest BCUT2D eigenvalue weighted by molar-refractivity contribution is 4.99. The topological polar surface area (TPSA) is 43.5 Å². The Bertz CT molecular complexity index is 327. The molecule has 2 heterocycles. The quantitative estimate of drug-likeness (QED) is 0.434. The zero-order chi connectivity index (χ0) is 15.5. The first kappa shape index (κ1) is 17.2. The summed E-state index contributed by atoms with van der Waals surface area (Å²) in [6, 6.07) is 0. The Morgan fingerprint density at radius 1 is 0.952 bits per heavy atom. The van der Waals surface area contributed by atoms with Crippen LogP contribution in [-0.2, 0) is 18.9 Å². The van der Waals surface area contributed by atoms with Gasteiger partial charge in [0, 0.05) is 13.2 Å². The maximum Gasteiger partial charge on any atom is 0.117 e. The fraction of sp³-hybridized carbons (Fsp3) is 1.00. The lowest BCUT2D eigenvalue weighted by Gasteiger charge is -2.16. The Hall–Kier alpha value is -0.160. The Balaban J connectivity index is 1.49. The molecule has 0 aromatic heterocycles. The Morgan fingerprint density at radius 2 is 1.43 bits per heavy atom. The number of hydrogen-bond donors (Lipinski definition) is 0. The van der Waals surface area contributed by atoms with E-state index in [-0.39, 0.29) is 11.2 Å². The van der Waals surface area contributed by atoms with Gasteiger partial charge in [-0.05, 0) is 39.0 Å². The summed E-state index contributed by atoms with van der Waals surface area (Å²) in [7, 11) is 0. The summed E-state index contributed by atoms with van der Waals surface area (Å²) >= 11 is 0. The molecule has 4 heteroatoms. The molecular weight excluding hydrogens is 268 g/mol. The average Bonchev–Trinajstić information content (AvgIpc) is 3.32. The zero-order valence-electron chi connectivity index (χ0n) is 14.3. The molecule has 0 N–H and O–H groups in total. The van der Waals surface area contributed by atoms with Crippen molar-refractivity contribution in [1.82, 2.24) is 0 Å². The molecule has 0 aliphatic carbocycles. The van der Waals surface area contributed by atoms with Crippen molar-refractivity contribution in [2.75, 3.05) is 26.4 Å². The molecule has 21 heavy (non-hydrogen) atoms. The van der Waals surface area contributed by atoms with Gasteiger partial charge < -0.3 is 18.9 Å². The third-order valence-electron chi connectivity index (χ3n) is 5.24. The molecule has 2 aliphatic heterocycles. The zero-order valence-corrected chi connectivity index (χ0v) is 14.3.